The average molecular weight is 213 g/mol. The van der Waals surface area contributed by atoms with E-state index < -0.39 is 5.78 Å². The summed E-state index contributed by atoms with van der Waals surface area (Å²) < 4.78 is 4.83. The Balaban J connectivity index is 2.33. The summed E-state index contributed by atoms with van der Waals surface area (Å²) in [5, 5.41) is 3.75. The maximum absolute atomic E-state index is 11.2. The van der Waals surface area contributed by atoms with E-state index in [9.17, 15) is 4.79 Å². The molecule has 0 aliphatic heterocycles. The number of hydrogen-bond acceptors (Lipinski definition) is 3. The Morgan fingerprint density at radius 1 is 1.38 bits per heavy atom. The molecule has 0 unspecified atom stereocenters. The second-order valence-corrected chi connectivity index (χ2v) is 3.05. The first-order valence-electron chi connectivity index (χ1n) is 4.55. The highest BCUT2D eigenvalue weighted by molar-refractivity contribution is 6.32. The number of aromatic nitrogens is 1. The summed E-state index contributed by atoms with van der Waals surface area (Å²) in [5.74, 6) is -0.492. The van der Waals surface area contributed by atoms with E-state index in [0.717, 1.165) is 11.8 Å². The van der Waals surface area contributed by atoms with E-state index >= 15 is 0 Å². The molecule has 1 heterocycles. The molecule has 2 rings (SSSR count). The van der Waals surface area contributed by atoms with Crippen molar-refractivity contribution in [3.8, 4) is 11.3 Å². The standard InChI is InChI=1S/C11H7N3O2/c12-13-7-10(15)11-6-9(14-16-11)8-4-2-1-3-5-8/h1-7H. The predicted molar refractivity (Wildman–Crippen MR) is 56.0 cm³/mol. The third-order valence-electron chi connectivity index (χ3n) is 2.00. The van der Waals surface area contributed by atoms with Gasteiger partial charge in [-0.15, -0.1) is 0 Å². The summed E-state index contributed by atoms with van der Waals surface area (Å²) in [6.07, 6.45) is 0.759. The van der Waals surface area contributed by atoms with Gasteiger partial charge in [0.05, 0.1) is 0 Å². The minimum Gasteiger partial charge on any atom is -0.361 e. The molecule has 0 spiro atoms. The van der Waals surface area contributed by atoms with Crippen LogP contribution < -0.4 is 0 Å². The molecule has 0 amide bonds. The van der Waals surface area contributed by atoms with Crippen LogP contribution in [0.25, 0.3) is 16.8 Å². The predicted octanol–water partition coefficient (Wildman–Crippen LogP) is 1.82. The van der Waals surface area contributed by atoms with Gasteiger partial charge in [-0.2, -0.15) is 4.79 Å². The molecular formula is C11H7N3O2. The summed E-state index contributed by atoms with van der Waals surface area (Å²) >= 11 is 0. The van der Waals surface area contributed by atoms with Crippen molar-refractivity contribution in [2.24, 2.45) is 0 Å². The average Bonchev–Trinajstić information content (AvgIpc) is 2.80. The molecule has 16 heavy (non-hydrogen) atoms. The van der Waals surface area contributed by atoms with Crippen LogP contribution in [0, 0.1) is 0 Å². The van der Waals surface area contributed by atoms with Crippen molar-refractivity contribution >= 4 is 12.0 Å². The first-order valence-corrected chi connectivity index (χ1v) is 4.55. The molecule has 0 N–H and O–H groups in total. The third kappa shape index (κ3) is 1.94. The van der Waals surface area contributed by atoms with Gasteiger partial charge in [0, 0.05) is 11.6 Å². The van der Waals surface area contributed by atoms with Gasteiger partial charge < -0.3 is 10.1 Å². The SMILES string of the molecule is [N-]=[N+]=CC(=O)c1cc(-c2ccccc2)no1. The van der Waals surface area contributed by atoms with Crippen molar-refractivity contribution in [1.29, 1.82) is 0 Å². The summed E-state index contributed by atoms with van der Waals surface area (Å²) in [6.45, 7) is 0. The van der Waals surface area contributed by atoms with Crippen LogP contribution in [0.1, 0.15) is 10.6 Å². The van der Waals surface area contributed by atoms with Gasteiger partial charge in [-0.1, -0.05) is 35.5 Å². The van der Waals surface area contributed by atoms with Crippen molar-refractivity contribution in [2.45, 2.75) is 0 Å². The van der Waals surface area contributed by atoms with Crippen LogP contribution in [0.3, 0.4) is 0 Å². The van der Waals surface area contributed by atoms with Crippen LogP contribution in [0.15, 0.2) is 40.9 Å². The number of Topliss-reactive ketones (excluding diaryl/α,β-unsaturated/α-hetero) is 1. The van der Waals surface area contributed by atoms with Crippen molar-refractivity contribution in [1.82, 2.24) is 5.16 Å². The number of carbonyl (C=O) groups excluding carboxylic acids is 1. The van der Waals surface area contributed by atoms with Crippen LogP contribution in [0.2, 0.25) is 0 Å². The highest BCUT2D eigenvalue weighted by atomic mass is 16.5. The quantitative estimate of drug-likeness (QED) is 0.337. The van der Waals surface area contributed by atoms with Crippen LogP contribution in [0.5, 0.6) is 0 Å². The third-order valence-corrected chi connectivity index (χ3v) is 2.00. The van der Waals surface area contributed by atoms with Crippen molar-refractivity contribution in [3.63, 3.8) is 0 Å². The number of ketones is 1. The van der Waals surface area contributed by atoms with Crippen LogP contribution in [-0.4, -0.2) is 21.9 Å². The van der Waals surface area contributed by atoms with E-state index in [4.69, 9.17) is 10.1 Å². The molecule has 0 atom stereocenters. The van der Waals surface area contributed by atoms with E-state index in [1.54, 1.807) is 0 Å². The van der Waals surface area contributed by atoms with Crippen LogP contribution in [-0.2, 0) is 0 Å². The topological polar surface area (TPSA) is 79.5 Å². The van der Waals surface area contributed by atoms with Crippen molar-refractivity contribution < 1.29 is 14.1 Å². The number of carbonyl (C=O) groups is 1. The fourth-order valence-corrected chi connectivity index (χ4v) is 1.25. The highest BCUT2D eigenvalue weighted by Gasteiger charge is 2.14. The second kappa shape index (κ2) is 4.33. The number of benzene rings is 1. The normalized spacial score (nSPS) is 9.50. The first-order chi connectivity index (χ1) is 7.81. The van der Waals surface area contributed by atoms with E-state index in [1.165, 1.54) is 6.07 Å². The van der Waals surface area contributed by atoms with Gasteiger partial charge in [0.25, 0.3) is 0 Å². The zero-order valence-electron chi connectivity index (χ0n) is 8.20. The lowest BCUT2D eigenvalue weighted by Gasteiger charge is -1.90. The Labute approximate surface area is 90.9 Å². The summed E-state index contributed by atoms with van der Waals surface area (Å²) in [4.78, 5) is 13.9. The van der Waals surface area contributed by atoms with Gasteiger partial charge in [0.2, 0.25) is 5.76 Å². The smallest absolute Gasteiger partial charge is 0.331 e. The zero-order valence-corrected chi connectivity index (χ0v) is 8.20. The molecule has 0 bridgehead atoms. The lowest BCUT2D eigenvalue weighted by Crippen LogP contribution is -1.98. The maximum atomic E-state index is 11.2. The number of hydrogen-bond donors (Lipinski definition) is 0. The monoisotopic (exact) mass is 213 g/mol. The molecule has 1 aromatic carbocycles. The molecular weight excluding hydrogens is 206 g/mol. The Bertz CT molecular complexity index is 554. The molecule has 0 radical (unpaired) electrons. The zero-order chi connectivity index (χ0) is 11.4. The Morgan fingerprint density at radius 3 is 2.81 bits per heavy atom. The molecule has 0 fully saturated rings. The molecule has 5 heteroatoms. The fraction of sp³-hybridized carbons (Fsp3) is 0. The van der Waals surface area contributed by atoms with Gasteiger partial charge in [0.15, 0.2) is 0 Å². The molecule has 0 saturated heterocycles. The largest absolute Gasteiger partial charge is 0.361 e. The van der Waals surface area contributed by atoms with Crippen LogP contribution >= 0.6 is 0 Å². The van der Waals surface area contributed by atoms with Gasteiger partial charge in [-0.25, -0.2) is 0 Å². The second-order valence-electron chi connectivity index (χ2n) is 3.05. The Kier molecular flexibility index (Phi) is 2.71. The molecule has 78 valence electrons. The summed E-state index contributed by atoms with van der Waals surface area (Å²) in [7, 11) is 0. The van der Waals surface area contributed by atoms with Gasteiger partial charge in [-0.05, 0) is 0 Å². The minimum atomic E-state index is -0.530. The Morgan fingerprint density at radius 2 is 2.12 bits per heavy atom. The summed E-state index contributed by atoms with van der Waals surface area (Å²) in [6, 6.07) is 10.8. The number of rotatable bonds is 3. The number of nitrogens with zero attached hydrogens (tertiary/aromatic N) is 3. The molecule has 0 aliphatic rings. The summed E-state index contributed by atoms with van der Waals surface area (Å²) in [5.41, 5.74) is 9.63. The lowest BCUT2D eigenvalue weighted by atomic mass is 10.1. The minimum absolute atomic E-state index is 0.0386. The first kappa shape index (κ1) is 10.0. The van der Waals surface area contributed by atoms with Gasteiger partial charge in [-0.3, -0.25) is 4.79 Å². The molecule has 1 aromatic heterocycles. The molecule has 5 nitrogen and oxygen atoms in total. The van der Waals surface area contributed by atoms with Gasteiger partial charge in [0.1, 0.15) is 5.69 Å². The van der Waals surface area contributed by atoms with Gasteiger partial charge >= 0.3 is 12.0 Å². The van der Waals surface area contributed by atoms with Crippen molar-refractivity contribution in [2.75, 3.05) is 0 Å². The maximum Gasteiger partial charge on any atom is 0.331 e. The van der Waals surface area contributed by atoms with E-state index in [0.29, 0.717) is 5.69 Å². The van der Waals surface area contributed by atoms with E-state index in [1.807, 2.05) is 30.3 Å². The molecule has 0 saturated carbocycles. The van der Waals surface area contributed by atoms with E-state index in [-0.39, 0.29) is 5.76 Å². The fourth-order valence-electron chi connectivity index (χ4n) is 1.25. The lowest BCUT2D eigenvalue weighted by molar-refractivity contribution is 0.00203. The highest BCUT2D eigenvalue weighted by Crippen LogP contribution is 2.18. The molecule has 2 aromatic rings. The van der Waals surface area contributed by atoms with Crippen molar-refractivity contribution in [3.05, 3.63) is 47.7 Å². The van der Waals surface area contributed by atoms with E-state index in [2.05, 4.69) is 9.95 Å². The Hall–Kier alpha value is -2.52. The van der Waals surface area contributed by atoms with Crippen LogP contribution in [0.4, 0.5) is 0 Å². The molecule has 0 aliphatic carbocycles.